The largest absolute Gasteiger partial charge is 0.321 e. The third-order valence-electron chi connectivity index (χ3n) is 5.16. The van der Waals surface area contributed by atoms with Gasteiger partial charge in [-0.3, -0.25) is 14.4 Å². The number of halogens is 1. The van der Waals surface area contributed by atoms with Gasteiger partial charge in [-0.1, -0.05) is 29.8 Å². The summed E-state index contributed by atoms with van der Waals surface area (Å²) < 4.78 is 0. The van der Waals surface area contributed by atoms with Crippen molar-refractivity contribution in [3.05, 3.63) is 112 Å². The maximum atomic E-state index is 13.1. The molecule has 0 spiro atoms. The summed E-state index contributed by atoms with van der Waals surface area (Å²) in [6.07, 6.45) is 3.10. The highest BCUT2D eigenvalue weighted by Crippen LogP contribution is 2.26. The van der Waals surface area contributed by atoms with E-state index in [0.717, 1.165) is 10.5 Å². The number of aromatic nitrogens is 1. The third-order valence-corrected chi connectivity index (χ3v) is 7.19. The van der Waals surface area contributed by atoms with Crippen molar-refractivity contribution < 1.29 is 14.4 Å². The molecular weight excluding hydrogens is 540 g/mol. The zero-order valence-corrected chi connectivity index (χ0v) is 22.6. The van der Waals surface area contributed by atoms with Crippen molar-refractivity contribution in [1.82, 2.24) is 10.3 Å². The van der Waals surface area contributed by atoms with E-state index < -0.39 is 5.91 Å². The van der Waals surface area contributed by atoms with Gasteiger partial charge < -0.3 is 16.0 Å². The first-order chi connectivity index (χ1) is 18.4. The molecule has 4 rings (SSSR count). The SMILES string of the molecule is CC(Sc1ccc(NC(=O)/C(=C/c2ccsc2)NC(=O)c2ccccc2)cc1)C(=O)Nc1ccc(Cl)cn1. The molecule has 0 radical (unpaired) electrons. The average Bonchev–Trinajstić information content (AvgIpc) is 3.44. The van der Waals surface area contributed by atoms with Crippen LogP contribution in [-0.2, 0) is 9.59 Å². The van der Waals surface area contributed by atoms with Crippen LogP contribution in [0.4, 0.5) is 11.5 Å². The fraction of sp³-hybridized carbons (Fsp3) is 0.0714. The lowest BCUT2D eigenvalue weighted by atomic mass is 10.2. The molecule has 10 heteroatoms. The molecule has 1 unspecified atom stereocenters. The van der Waals surface area contributed by atoms with Crippen LogP contribution in [0.1, 0.15) is 22.8 Å². The molecule has 2 aromatic heterocycles. The molecule has 38 heavy (non-hydrogen) atoms. The van der Waals surface area contributed by atoms with E-state index in [1.54, 1.807) is 61.5 Å². The number of rotatable bonds is 9. The number of amides is 3. The predicted octanol–water partition coefficient (Wildman–Crippen LogP) is 6.33. The van der Waals surface area contributed by atoms with E-state index in [1.807, 2.05) is 35.0 Å². The summed E-state index contributed by atoms with van der Waals surface area (Å²) in [5, 5.41) is 12.2. The summed E-state index contributed by atoms with van der Waals surface area (Å²) in [6, 6.07) is 21.0. The van der Waals surface area contributed by atoms with Crippen LogP contribution in [0.3, 0.4) is 0 Å². The molecule has 1 atom stereocenters. The van der Waals surface area contributed by atoms with Gasteiger partial charge in [0.15, 0.2) is 0 Å². The smallest absolute Gasteiger partial charge is 0.272 e. The first-order valence-corrected chi connectivity index (χ1v) is 13.7. The Morgan fingerprint density at radius 3 is 2.39 bits per heavy atom. The van der Waals surface area contributed by atoms with Crippen LogP contribution in [0.2, 0.25) is 5.02 Å². The lowest BCUT2D eigenvalue weighted by Crippen LogP contribution is -2.30. The van der Waals surface area contributed by atoms with Gasteiger partial charge in [-0.25, -0.2) is 4.98 Å². The number of thioether (sulfide) groups is 1. The van der Waals surface area contributed by atoms with E-state index in [2.05, 4.69) is 20.9 Å². The fourth-order valence-electron chi connectivity index (χ4n) is 3.22. The summed E-state index contributed by atoms with van der Waals surface area (Å²) >= 11 is 8.70. The average molecular weight is 563 g/mol. The number of pyridine rings is 1. The van der Waals surface area contributed by atoms with Gasteiger partial charge in [0.2, 0.25) is 5.91 Å². The lowest BCUT2D eigenvalue weighted by molar-refractivity contribution is -0.115. The highest BCUT2D eigenvalue weighted by Gasteiger charge is 2.17. The zero-order valence-electron chi connectivity index (χ0n) is 20.2. The molecule has 0 aliphatic rings. The van der Waals surface area contributed by atoms with Crippen molar-refractivity contribution in [2.75, 3.05) is 10.6 Å². The Balaban J connectivity index is 1.39. The van der Waals surface area contributed by atoms with E-state index in [1.165, 1.54) is 29.3 Å². The summed E-state index contributed by atoms with van der Waals surface area (Å²) in [5.41, 5.74) is 1.92. The molecule has 3 N–H and O–H groups in total. The Morgan fingerprint density at radius 2 is 1.74 bits per heavy atom. The van der Waals surface area contributed by atoms with E-state index in [4.69, 9.17) is 11.6 Å². The molecule has 192 valence electrons. The molecule has 0 aliphatic heterocycles. The maximum absolute atomic E-state index is 13.1. The molecule has 0 aliphatic carbocycles. The summed E-state index contributed by atoms with van der Waals surface area (Å²) in [7, 11) is 0. The van der Waals surface area contributed by atoms with Crippen LogP contribution in [0, 0.1) is 0 Å². The minimum Gasteiger partial charge on any atom is -0.321 e. The second-order valence-electron chi connectivity index (χ2n) is 8.02. The number of nitrogens with one attached hydrogen (secondary N) is 3. The number of carbonyl (C=O) groups is 3. The minimum atomic E-state index is -0.455. The molecular formula is C28H23ClN4O3S2. The number of anilines is 2. The van der Waals surface area contributed by atoms with Gasteiger partial charge in [0, 0.05) is 22.3 Å². The predicted molar refractivity (Wildman–Crippen MR) is 154 cm³/mol. The van der Waals surface area contributed by atoms with Gasteiger partial charge in [0.1, 0.15) is 11.5 Å². The number of carbonyl (C=O) groups excluding carboxylic acids is 3. The van der Waals surface area contributed by atoms with Crippen molar-refractivity contribution in [1.29, 1.82) is 0 Å². The normalized spacial score (nSPS) is 11.9. The minimum absolute atomic E-state index is 0.122. The number of hydrogen-bond donors (Lipinski definition) is 3. The monoisotopic (exact) mass is 562 g/mol. The maximum Gasteiger partial charge on any atom is 0.272 e. The first kappa shape index (κ1) is 27.1. The van der Waals surface area contributed by atoms with Gasteiger partial charge in [-0.2, -0.15) is 11.3 Å². The Bertz CT molecular complexity index is 1430. The Hall–Kier alpha value is -3.92. The van der Waals surface area contributed by atoms with Gasteiger partial charge in [0.25, 0.3) is 11.8 Å². The van der Waals surface area contributed by atoms with Crippen molar-refractivity contribution in [2.45, 2.75) is 17.1 Å². The van der Waals surface area contributed by atoms with E-state index in [0.29, 0.717) is 22.1 Å². The Labute approximate surface area is 233 Å². The molecule has 4 aromatic rings. The van der Waals surface area contributed by atoms with E-state index >= 15 is 0 Å². The second-order valence-corrected chi connectivity index (χ2v) is 10.7. The van der Waals surface area contributed by atoms with Crippen LogP contribution in [0.5, 0.6) is 0 Å². The standard InChI is InChI=1S/C28H23ClN4O3S2/c1-18(26(34)33-25-12-7-21(29)16-30-25)38-23-10-8-22(9-11-23)31-28(36)24(15-19-13-14-37-17-19)32-27(35)20-5-3-2-4-6-20/h2-18H,1H3,(H,31,36)(H,32,35)(H,30,33,34)/b24-15-. The Morgan fingerprint density at radius 1 is 0.974 bits per heavy atom. The quantitative estimate of drug-likeness (QED) is 0.164. The molecule has 3 amide bonds. The molecule has 2 heterocycles. The van der Waals surface area contributed by atoms with Crippen LogP contribution < -0.4 is 16.0 Å². The zero-order chi connectivity index (χ0) is 26.9. The number of nitrogens with zero attached hydrogens (tertiary/aromatic N) is 1. The summed E-state index contributed by atoms with van der Waals surface area (Å²) in [6.45, 7) is 1.79. The molecule has 0 bridgehead atoms. The van der Waals surface area contributed by atoms with Crippen LogP contribution in [0.15, 0.2) is 100 Å². The highest BCUT2D eigenvalue weighted by molar-refractivity contribution is 8.00. The second kappa shape index (κ2) is 13.0. The van der Waals surface area contributed by atoms with Crippen molar-refractivity contribution in [3.8, 4) is 0 Å². The number of benzene rings is 2. The first-order valence-electron chi connectivity index (χ1n) is 11.5. The van der Waals surface area contributed by atoms with Crippen molar-refractivity contribution >= 4 is 70.0 Å². The third kappa shape index (κ3) is 7.79. The van der Waals surface area contributed by atoms with Gasteiger partial charge in [0.05, 0.1) is 10.3 Å². The molecule has 0 saturated heterocycles. The van der Waals surface area contributed by atoms with Gasteiger partial charge in [-0.05, 0) is 83.9 Å². The van der Waals surface area contributed by atoms with Crippen LogP contribution >= 0.6 is 34.7 Å². The van der Waals surface area contributed by atoms with E-state index in [-0.39, 0.29) is 22.8 Å². The van der Waals surface area contributed by atoms with Gasteiger partial charge in [-0.15, -0.1) is 11.8 Å². The molecule has 7 nitrogen and oxygen atoms in total. The van der Waals surface area contributed by atoms with Crippen molar-refractivity contribution in [3.63, 3.8) is 0 Å². The topological polar surface area (TPSA) is 100 Å². The molecule has 0 saturated carbocycles. The summed E-state index contributed by atoms with van der Waals surface area (Å²) in [5.74, 6) is -0.603. The molecule has 0 fully saturated rings. The van der Waals surface area contributed by atoms with Crippen molar-refractivity contribution in [2.24, 2.45) is 0 Å². The lowest BCUT2D eigenvalue weighted by Gasteiger charge is -2.13. The number of hydrogen-bond acceptors (Lipinski definition) is 6. The fourth-order valence-corrected chi connectivity index (χ4v) is 4.81. The van der Waals surface area contributed by atoms with Gasteiger partial charge >= 0.3 is 0 Å². The van der Waals surface area contributed by atoms with Crippen LogP contribution in [-0.4, -0.2) is 28.0 Å². The Kier molecular flexibility index (Phi) is 9.31. The highest BCUT2D eigenvalue weighted by atomic mass is 35.5. The number of thiophene rings is 1. The van der Waals surface area contributed by atoms with Crippen LogP contribution in [0.25, 0.3) is 6.08 Å². The molecule has 2 aromatic carbocycles. The van der Waals surface area contributed by atoms with E-state index in [9.17, 15) is 14.4 Å². The summed E-state index contributed by atoms with van der Waals surface area (Å²) in [4.78, 5) is 43.2.